The third-order valence-corrected chi connectivity index (χ3v) is 5.59. The van der Waals surface area contributed by atoms with E-state index in [0.717, 1.165) is 40.5 Å². The number of hydrogen-bond donors (Lipinski definition) is 1. The van der Waals surface area contributed by atoms with Crippen molar-refractivity contribution in [1.29, 1.82) is 0 Å². The van der Waals surface area contributed by atoms with Gasteiger partial charge in [-0.05, 0) is 48.2 Å². The van der Waals surface area contributed by atoms with Crippen molar-refractivity contribution < 1.29 is 4.79 Å². The van der Waals surface area contributed by atoms with Crippen molar-refractivity contribution in [3.63, 3.8) is 0 Å². The number of hydrogen-bond acceptors (Lipinski definition) is 3. The zero-order valence-electron chi connectivity index (χ0n) is 14.2. The van der Waals surface area contributed by atoms with Crippen LogP contribution in [0.15, 0.2) is 65.7 Å². The molecule has 132 valence electrons. The first-order valence-corrected chi connectivity index (χ1v) is 9.44. The Balaban J connectivity index is 1.47. The fourth-order valence-corrected chi connectivity index (χ4v) is 3.66. The second kappa shape index (κ2) is 7.03. The molecule has 2 aromatic carbocycles. The van der Waals surface area contributed by atoms with Gasteiger partial charge in [-0.1, -0.05) is 46.6 Å². The highest BCUT2D eigenvalue weighted by atomic mass is 79.9. The van der Waals surface area contributed by atoms with Gasteiger partial charge in [-0.15, -0.1) is 0 Å². The molecule has 1 saturated carbocycles. The summed E-state index contributed by atoms with van der Waals surface area (Å²) in [7, 11) is 0. The van der Waals surface area contributed by atoms with E-state index in [4.69, 9.17) is 0 Å². The van der Waals surface area contributed by atoms with Gasteiger partial charge >= 0.3 is 0 Å². The lowest BCUT2D eigenvalue weighted by Crippen LogP contribution is -2.46. The lowest BCUT2D eigenvalue weighted by Gasteiger charge is -2.40. The van der Waals surface area contributed by atoms with E-state index in [9.17, 15) is 4.79 Å². The minimum absolute atomic E-state index is 0.0788. The van der Waals surface area contributed by atoms with Crippen LogP contribution in [0.1, 0.15) is 30.4 Å². The molecule has 0 spiro atoms. The Bertz CT molecular complexity index is 885. The maximum atomic E-state index is 13.0. The van der Waals surface area contributed by atoms with Gasteiger partial charge in [0.15, 0.2) is 0 Å². The van der Waals surface area contributed by atoms with E-state index >= 15 is 0 Å². The summed E-state index contributed by atoms with van der Waals surface area (Å²) in [6.45, 7) is 0.664. The molecular weight excluding hydrogens is 392 g/mol. The molecular formula is C20H19BrN4O. The molecule has 0 radical (unpaired) electrons. The predicted octanol–water partition coefficient (Wildman–Crippen LogP) is 4.15. The second-order valence-electron chi connectivity index (χ2n) is 6.69. The van der Waals surface area contributed by atoms with Crippen molar-refractivity contribution >= 4 is 27.5 Å². The van der Waals surface area contributed by atoms with Gasteiger partial charge in [-0.3, -0.25) is 4.79 Å². The van der Waals surface area contributed by atoms with Crippen LogP contribution in [0.5, 0.6) is 0 Å². The van der Waals surface area contributed by atoms with E-state index in [0.29, 0.717) is 6.54 Å². The Morgan fingerprint density at radius 2 is 1.85 bits per heavy atom. The summed E-state index contributed by atoms with van der Waals surface area (Å²) in [5.74, 6) is 0.0788. The highest BCUT2D eigenvalue weighted by Gasteiger charge is 2.45. The molecule has 0 unspecified atom stereocenters. The molecule has 1 aliphatic carbocycles. The highest BCUT2D eigenvalue weighted by Crippen LogP contribution is 2.44. The zero-order chi connectivity index (χ0) is 18.0. The third kappa shape index (κ3) is 3.29. The number of aromatic nitrogens is 3. The fourth-order valence-electron chi connectivity index (χ4n) is 3.39. The molecule has 0 saturated heterocycles. The first kappa shape index (κ1) is 17.0. The maximum Gasteiger partial charge on any atom is 0.235 e. The molecule has 1 N–H and O–H groups in total. The normalized spacial score (nSPS) is 15.3. The molecule has 1 amide bonds. The summed E-state index contributed by atoms with van der Waals surface area (Å²) < 4.78 is 2.80. The molecule has 1 aromatic heterocycles. The average Bonchev–Trinajstić information content (AvgIpc) is 3.10. The SMILES string of the molecule is O=C(Nc1ccc(Cn2cncn2)cc1)C1(c2ccc(Br)cc2)CCC1. The van der Waals surface area contributed by atoms with Crippen LogP contribution in [0.25, 0.3) is 0 Å². The summed E-state index contributed by atoms with van der Waals surface area (Å²) in [5, 5.41) is 7.20. The Kier molecular flexibility index (Phi) is 4.59. The summed E-state index contributed by atoms with van der Waals surface area (Å²) >= 11 is 3.46. The quantitative estimate of drug-likeness (QED) is 0.686. The molecule has 6 heteroatoms. The first-order chi connectivity index (χ1) is 12.7. The van der Waals surface area contributed by atoms with E-state index < -0.39 is 5.41 Å². The molecule has 0 atom stereocenters. The van der Waals surface area contributed by atoms with Crippen LogP contribution >= 0.6 is 15.9 Å². The molecule has 26 heavy (non-hydrogen) atoms. The number of nitrogens with one attached hydrogen (secondary N) is 1. The van der Waals surface area contributed by atoms with Crippen LogP contribution < -0.4 is 5.32 Å². The standard InChI is InChI=1S/C20H19BrN4O/c21-17-6-4-16(5-7-17)20(10-1-11-20)19(26)24-18-8-2-15(3-9-18)12-25-14-22-13-23-25/h2-9,13-14H,1,10-12H2,(H,24,26). The zero-order valence-corrected chi connectivity index (χ0v) is 15.8. The van der Waals surface area contributed by atoms with E-state index in [2.05, 4.69) is 31.3 Å². The number of anilines is 1. The van der Waals surface area contributed by atoms with Gasteiger partial charge < -0.3 is 5.32 Å². The predicted molar refractivity (Wildman–Crippen MR) is 104 cm³/mol. The van der Waals surface area contributed by atoms with Crippen molar-refractivity contribution in [3.05, 3.63) is 76.8 Å². The summed E-state index contributed by atoms with van der Waals surface area (Å²) in [4.78, 5) is 16.9. The number of carbonyl (C=O) groups excluding carboxylic acids is 1. The highest BCUT2D eigenvalue weighted by molar-refractivity contribution is 9.10. The number of halogens is 1. The van der Waals surface area contributed by atoms with Gasteiger partial charge in [0, 0.05) is 10.2 Å². The van der Waals surface area contributed by atoms with Crippen molar-refractivity contribution in [2.24, 2.45) is 0 Å². The van der Waals surface area contributed by atoms with E-state index in [1.807, 2.05) is 48.5 Å². The number of nitrogens with zero attached hydrogens (tertiary/aromatic N) is 3. The van der Waals surface area contributed by atoms with E-state index in [1.165, 1.54) is 6.33 Å². The summed E-state index contributed by atoms with van der Waals surface area (Å²) in [6.07, 6.45) is 6.08. The van der Waals surface area contributed by atoms with Crippen LogP contribution in [-0.2, 0) is 16.8 Å². The first-order valence-electron chi connectivity index (χ1n) is 8.65. The minimum Gasteiger partial charge on any atom is -0.325 e. The van der Waals surface area contributed by atoms with Gasteiger partial charge in [-0.2, -0.15) is 5.10 Å². The second-order valence-corrected chi connectivity index (χ2v) is 7.60. The van der Waals surface area contributed by atoms with Crippen molar-refractivity contribution in [3.8, 4) is 0 Å². The van der Waals surface area contributed by atoms with Crippen molar-refractivity contribution in [1.82, 2.24) is 14.8 Å². The third-order valence-electron chi connectivity index (χ3n) is 5.06. The van der Waals surface area contributed by atoms with Crippen molar-refractivity contribution in [2.75, 3.05) is 5.32 Å². The molecule has 0 aliphatic heterocycles. The number of benzene rings is 2. The molecule has 1 heterocycles. The Labute approximate surface area is 160 Å². The Morgan fingerprint density at radius 1 is 1.12 bits per heavy atom. The average molecular weight is 411 g/mol. The Hall–Kier alpha value is -2.47. The minimum atomic E-state index is -0.403. The van der Waals surface area contributed by atoms with Crippen molar-refractivity contribution in [2.45, 2.75) is 31.2 Å². The maximum absolute atomic E-state index is 13.0. The molecule has 3 aromatic rings. The molecule has 1 aliphatic rings. The molecule has 4 rings (SSSR count). The van der Waals surface area contributed by atoms with Crippen LogP contribution in [0.4, 0.5) is 5.69 Å². The van der Waals surface area contributed by atoms with Gasteiger partial charge in [-0.25, -0.2) is 9.67 Å². The molecule has 5 nitrogen and oxygen atoms in total. The van der Waals surface area contributed by atoms with Crippen LogP contribution in [0.3, 0.4) is 0 Å². The lowest BCUT2D eigenvalue weighted by atomic mass is 9.64. The van der Waals surface area contributed by atoms with Crippen LogP contribution in [0, 0.1) is 0 Å². The van der Waals surface area contributed by atoms with Crippen LogP contribution in [0.2, 0.25) is 0 Å². The number of rotatable bonds is 5. The Morgan fingerprint density at radius 3 is 2.42 bits per heavy atom. The van der Waals surface area contributed by atoms with Crippen LogP contribution in [-0.4, -0.2) is 20.7 Å². The monoisotopic (exact) mass is 410 g/mol. The van der Waals surface area contributed by atoms with Gasteiger partial charge in [0.05, 0.1) is 12.0 Å². The number of amides is 1. The van der Waals surface area contributed by atoms with E-state index in [-0.39, 0.29) is 5.91 Å². The summed E-state index contributed by atoms with van der Waals surface area (Å²) in [6, 6.07) is 16.0. The topological polar surface area (TPSA) is 59.8 Å². The summed E-state index contributed by atoms with van der Waals surface area (Å²) in [5.41, 5.74) is 2.62. The molecule has 0 bridgehead atoms. The number of carbonyl (C=O) groups is 1. The van der Waals surface area contributed by atoms with Gasteiger partial charge in [0.1, 0.15) is 12.7 Å². The van der Waals surface area contributed by atoms with Gasteiger partial charge in [0.25, 0.3) is 0 Å². The fraction of sp³-hybridized carbons (Fsp3) is 0.250. The smallest absolute Gasteiger partial charge is 0.235 e. The molecule has 1 fully saturated rings. The van der Waals surface area contributed by atoms with Gasteiger partial charge in [0.2, 0.25) is 5.91 Å². The largest absolute Gasteiger partial charge is 0.325 e. The lowest BCUT2D eigenvalue weighted by molar-refractivity contribution is -0.124. The van der Waals surface area contributed by atoms with E-state index in [1.54, 1.807) is 11.0 Å².